The molecular weight excluding hydrogens is 322 g/mol. The fraction of sp³-hybridized carbons (Fsp3) is 0.364. The SMILES string of the molecule is CCC(OC)n1nc2ccc(F)cc2c1I. The summed E-state index contributed by atoms with van der Waals surface area (Å²) in [6.45, 7) is 2.02. The van der Waals surface area contributed by atoms with Gasteiger partial charge >= 0.3 is 0 Å². The van der Waals surface area contributed by atoms with Crippen molar-refractivity contribution in [2.75, 3.05) is 7.11 Å². The zero-order valence-electron chi connectivity index (χ0n) is 9.08. The number of nitrogens with zero attached hydrogens (tertiary/aromatic N) is 2. The van der Waals surface area contributed by atoms with Crippen molar-refractivity contribution in [2.24, 2.45) is 0 Å². The van der Waals surface area contributed by atoms with Gasteiger partial charge in [0.25, 0.3) is 0 Å². The van der Waals surface area contributed by atoms with E-state index in [-0.39, 0.29) is 12.0 Å². The normalized spacial score (nSPS) is 13.2. The van der Waals surface area contributed by atoms with Crippen LogP contribution in [-0.4, -0.2) is 16.9 Å². The third-order valence-corrected chi connectivity index (χ3v) is 3.57. The van der Waals surface area contributed by atoms with Crippen LogP contribution < -0.4 is 0 Å². The molecular formula is C11H12FIN2O. The molecule has 1 aromatic carbocycles. The first kappa shape index (κ1) is 11.8. The molecule has 0 amide bonds. The van der Waals surface area contributed by atoms with Crippen LogP contribution in [0.3, 0.4) is 0 Å². The molecule has 1 heterocycles. The fourth-order valence-corrected chi connectivity index (χ4v) is 2.52. The lowest BCUT2D eigenvalue weighted by molar-refractivity contribution is 0.0294. The average Bonchev–Trinajstić information content (AvgIpc) is 2.59. The van der Waals surface area contributed by atoms with E-state index >= 15 is 0 Å². The minimum atomic E-state index is -0.240. The summed E-state index contributed by atoms with van der Waals surface area (Å²) in [4.78, 5) is 0. The van der Waals surface area contributed by atoms with E-state index in [4.69, 9.17) is 4.74 Å². The Labute approximate surface area is 107 Å². The van der Waals surface area contributed by atoms with Gasteiger partial charge in [-0.3, -0.25) is 0 Å². The Morgan fingerprint density at radius 3 is 2.94 bits per heavy atom. The van der Waals surface area contributed by atoms with Crippen molar-refractivity contribution in [3.63, 3.8) is 0 Å². The maximum absolute atomic E-state index is 13.1. The zero-order valence-corrected chi connectivity index (χ0v) is 11.2. The molecule has 0 saturated heterocycles. The second kappa shape index (κ2) is 4.67. The summed E-state index contributed by atoms with van der Waals surface area (Å²) in [5, 5.41) is 5.24. The summed E-state index contributed by atoms with van der Waals surface area (Å²) in [6, 6.07) is 4.61. The molecule has 0 aliphatic carbocycles. The number of ether oxygens (including phenoxy) is 1. The third-order valence-electron chi connectivity index (χ3n) is 2.49. The van der Waals surface area contributed by atoms with Gasteiger partial charge in [0.15, 0.2) is 6.23 Å². The molecule has 0 radical (unpaired) electrons. The summed E-state index contributed by atoms with van der Waals surface area (Å²) in [5.41, 5.74) is 0.793. The standard InChI is InChI=1S/C11H12FIN2O/c1-3-10(16-2)15-11(13)8-6-7(12)4-5-9(8)14-15/h4-6,10H,3H2,1-2H3. The lowest BCUT2D eigenvalue weighted by Gasteiger charge is -2.14. The van der Waals surface area contributed by atoms with Crippen molar-refractivity contribution in [3.8, 4) is 0 Å². The minimum Gasteiger partial charge on any atom is -0.360 e. The molecule has 16 heavy (non-hydrogen) atoms. The second-order valence-corrected chi connectivity index (χ2v) is 4.52. The number of aromatic nitrogens is 2. The van der Waals surface area contributed by atoms with Gasteiger partial charge in [-0.1, -0.05) is 6.92 Å². The van der Waals surface area contributed by atoms with Gasteiger partial charge in [0.2, 0.25) is 0 Å². The van der Waals surface area contributed by atoms with E-state index in [1.54, 1.807) is 17.9 Å². The number of hydrogen-bond donors (Lipinski definition) is 0. The van der Waals surface area contributed by atoms with E-state index in [1.807, 2.05) is 6.92 Å². The van der Waals surface area contributed by atoms with E-state index in [2.05, 4.69) is 27.7 Å². The smallest absolute Gasteiger partial charge is 0.150 e. The Balaban J connectivity index is 2.59. The first-order chi connectivity index (χ1) is 7.67. The molecule has 5 heteroatoms. The molecule has 0 aliphatic rings. The molecule has 86 valence electrons. The van der Waals surface area contributed by atoms with Crippen LogP contribution in [0.15, 0.2) is 18.2 Å². The van der Waals surface area contributed by atoms with Crippen LogP contribution in [0, 0.1) is 9.52 Å². The number of rotatable bonds is 3. The predicted molar refractivity (Wildman–Crippen MR) is 68.7 cm³/mol. The number of methoxy groups -OCH3 is 1. The Morgan fingerprint density at radius 2 is 2.31 bits per heavy atom. The summed E-state index contributed by atoms with van der Waals surface area (Å²) >= 11 is 2.17. The zero-order chi connectivity index (χ0) is 11.7. The van der Waals surface area contributed by atoms with E-state index in [0.717, 1.165) is 21.0 Å². The molecule has 0 saturated carbocycles. The minimum absolute atomic E-state index is 0.0950. The van der Waals surface area contributed by atoms with E-state index in [1.165, 1.54) is 12.1 Å². The number of halogens is 2. The van der Waals surface area contributed by atoms with Gasteiger partial charge in [0, 0.05) is 12.5 Å². The molecule has 0 fully saturated rings. The first-order valence-corrected chi connectivity index (χ1v) is 6.11. The molecule has 2 rings (SSSR count). The van der Waals surface area contributed by atoms with Crippen molar-refractivity contribution in [2.45, 2.75) is 19.6 Å². The summed E-state index contributed by atoms with van der Waals surface area (Å²) in [5.74, 6) is -0.240. The fourth-order valence-electron chi connectivity index (χ4n) is 1.67. The Morgan fingerprint density at radius 1 is 1.56 bits per heavy atom. The third kappa shape index (κ3) is 1.93. The van der Waals surface area contributed by atoms with Gasteiger partial charge in [-0.15, -0.1) is 0 Å². The van der Waals surface area contributed by atoms with Gasteiger partial charge in [-0.25, -0.2) is 9.07 Å². The summed E-state index contributed by atoms with van der Waals surface area (Å²) in [6.07, 6.45) is 0.727. The van der Waals surface area contributed by atoms with Crippen molar-refractivity contribution in [1.82, 2.24) is 9.78 Å². The molecule has 1 unspecified atom stereocenters. The second-order valence-electron chi connectivity index (χ2n) is 3.50. The van der Waals surface area contributed by atoms with Gasteiger partial charge in [-0.05, 0) is 47.2 Å². The van der Waals surface area contributed by atoms with Gasteiger partial charge < -0.3 is 4.74 Å². The highest BCUT2D eigenvalue weighted by molar-refractivity contribution is 14.1. The van der Waals surface area contributed by atoms with Crippen LogP contribution in [0.2, 0.25) is 0 Å². The number of hydrogen-bond acceptors (Lipinski definition) is 2. The number of benzene rings is 1. The van der Waals surface area contributed by atoms with Gasteiger partial charge in [0.1, 0.15) is 9.52 Å². The average molecular weight is 334 g/mol. The highest BCUT2D eigenvalue weighted by Crippen LogP contribution is 2.25. The van der Waals surface area contributed by atoms with Crippen molar-refractivity contribution in [3.05, 3.63) is 27.7 Å². The quantitative estimate of drug-likeness (QED) is 0.805. The van der Waals surface area contributed by atoms with Crippen molar-refractivity contribution < 1.29 is 9.13 Å². The molecule has 1 aromatic heterocycles. The van der Waals surface area contributed by atoms with Gasteiger partial charge in [0.05, 0.1) is 5.52 Å². The van der Waals surface area contributed by atoms with Crippen LogP contribution in [-0.2, 0) is 4.74 Å². The highest BCUT2D eigenvalue weighted by atomic mass is 127. The van der Waals surface area contributed by atoms with Gasteiger partial charge in [-0.2, -0.15) is 5.10 Å². The largest absolute Gasteiger partial charge is 0.360 e. The summed E-state index contributed by atoms with van der Waals surface area (Å²) in [7, 11) is 1.65. The molecule has 0 spiro atoms. The van der Waals surface area contributed by atoms with Crippen LogP contribution >= 0.6 is 22.6 Å². The maximum atomic E-state index is 13.1. The monoisotopic (exact) mass is 334 g/mol. The predicted octanol–water partition coefficient (Wildman–Crippen LogP) is 3.34. The lowest BCUT2D eigenvalue weighted by atomic mass is 10.2. The van der Waals surface area contributed by atoms with Crippen LogP contribution in [0.25, 0.3) is 10.9 Å². The van der Waals surface area contributed by atoms with E-state index < -0.39 is 0 Å². The van der Waals surface area contributed by atoms with Crippen molar-refractivity contribution >= 4 is 33.5 Å². The molecule has 0 bridgehead atoms. The Bertz CT molecular complexity index is 508. The van der Waals surface area contributed by atoms with Crippen LogP contribution in [0.1, 0.15) is 19.6 Å². The number of fused-ring (bicyclic) bond motifs is 1. The molecule has 3 nitrogen and oxygen atoms in total. The van der Waals surface area contributed by atoms with E-state index in [9.17, 15) is 4.39 Å². The maximum Gasteiger partial charge on any atom is 0.150 e. The highest BCUT2D eigenvalue weighted by Gasteiger charge is 2.15. The van der Waals surface area contributed by atoms with Crippen LogP contribution in [0.5, 0.6) is 0 Å². The van der Waals surface area contributed by atoms with Crippen LogP contribution in [0.4, 0.5) is 4.39 Å². The Hall–Kier alpha value is -0.690. The Kier molecular flexibility index (Phi) is 3.44. The first-order valence-electron chi connectivity index (χ1n) is 5.03. The van der Waals surface area contributed by atoms with Crippen molar-refractivity contribution in [1.29, 1.82) is 0 Å². The topological polar surface area (TPSA) is 27.1 Å². The summed E-state index contributed by atoms with van der Waals surface area (Å²) < 4.78 is 21.1. The van der Waals surface area contributed by atoms with E-state index in [0.29, 0.717) is 0 Å². The molecule has 0 aliphatic heterocycles. The molecule has 2 aromatic rings. The lowest BCUT2D eigenvalue weighted by Crippen LogP contribution is -2.13. The molecule has 1 atom stereocenters. The molecule has 0 N–H and O–H groups in total.